The van der Waals surface area contributed by atoms with Gasteiger partial charge < -0.3 is 10.1 Å². The lowest BCUT2D eigenvalue weighted by molar-refractivity contribution is -0.122. The number of carbonyl (C=O) groups is 2. The molecular formula is C22H28N4O5S. The van der Waals surface area contributed by atoms with Crippen LogP contribution in [-0.4, -0.2) is 60.6 Å². The molecule has 1 atom stereocenters. The molecule has 10 heteroatoms. The number of urea groups is 1. The van der Waals surface area contributed by atoms with Crippen molar-refractivity contribution in [1.82, 2.24) is 19.9 Å². The number of hydrogen-bond donors (Lipinski definition) is 2. The lowest BCUT2D eigenvalue weighted by Gasteiger charge is -2.33. The van der Waals surface area contributed by atoms with Gasteiger partial charge in [0.1, 0.15) is 5.54 Å². The maximum absolute atomic E-state index is 12.8. The summed E-state index contributed by atoms with van der Waals surface area (Å²) < 4.78 is 33.0. The van der Waals surface area contributed by atoms with Gasteiger partial charge in [-0.05, 0) is 50.3 Å². The van der Waals surface area contributed by atoms with E-state index in [9.17, 15) is 18.0 Å². The lowest BCUT2D eigenvalue weighted by atomic mass is 9.99. The highest BCUT2D eigenvalue weighted by Crippen LogP contribution is 2.24. The summed E-state index contributed by atoms with van der Waals surface area (Å²) in [6, 6.07) is 9.35. The second kappa shape index (κ2) is 8.76. The first-order chi connectivity index (χ1) is 15.2. The van der Waals surface area contributed by atoms with Crippen LogP contribution in [0.4, 0.5) is 4.79 Å². The van der Waals surface area contributed by atoms with Gasteiger partial charge in [0, 0.05) is 30.8 Å². The molecule has 2 aliphatic heterocycles. The van der Waals surface area contributed by atoms with E-state index in [-0.39, 0.29) is 5.92 Å². The van der Waals surface area contributed by atoms with E-state index < -0.39 is 33.3 Å². The number of benzene rings is 1. The molecule has 32 heavy (non-hydrogen) atoms. The van der Waals surface area contributed by atoms with E-state index in [0.717, 1.165) is 22.2 Å². The standard InChI is InChI=1S/C22H28N4O5S/c1-15-11-17(18-5-3-4-6-19(18)23-15)13-31-12-16-7-9-26(10-8-16)32(29,30)14-22(2)20(27)24-21(28)25-22/h3-6,11,16H,7-10,12-14H2,1-2H3,(H2,24,25,27,28)/t22-/m0/s1. The summed E-state index contributed by atoms with van der Waals surface area (Å²) in [6.45, 7) is 5.18. The smallest absolute Gasteiger partial charge is 0.322 e. The van der Waals surface area contributed by atoms with Gasteiger partial charge in [-0.2, -0.15) is 0 Å². The molecule has 0 spiro atoms. The van der Waals surface area contributed by atoms with E-state index in [2.05, 4.69) is 15.6 Å². The van der Waals surface area contributed by atoms with E-state index in [1.807, 2.05) is 37.3 Å². The van der Waals surface area contributed by atoms with Gasteiger partial charge in [0.2, 0.25) is 10.0 Å². The normalized spacial score (nSPS) is 22.8. The van der Waals surface area contributed by atoms with Crippen molar-refractivity contribution in [2.24, 2.45) is 5.92 Å². The van der Waals surface area contributed by atoms with E-state index in [1.165, 1.54) is 11.2 Å². The van der Waals surface area contributed by atoms with Crippen LogP contribution in [0.3, 0.4) is 0 Å². The topological polar surface area (TPSA) is 118 Å². The third kappa shape index (κ3) is 4.77. The molecule has 172 valence electrons. The summed E-state index contributed by atoms with van der Waals surface area (Å²) in [5.74, 6) is -0.804. The number of para-hydroxylation sites is 1. The fraction of sp³-hybridized carbons (Fsp3) is 0.500. The van der Waals surface area contributed by atoms with Crippen LogP contribution in [0.15, 0.2) is 30.3 Å². The van der Waals surface area contributed by atoms with E-state index in [1.54, 1.807) is 0 Å². The SMILES string of the molecule is Cc1cc(COCC2CCN(S(=O)(=O)C[C@]3(C)NC(=O)NC3=O)CC2)c2ccccc2n1. The average molecular weight is 461 g/mol. The molecule has 3 heterocycles. The average Bonchev–Trinajstić information content (AvgIpc) is 2.98. The van der Waals surface area contributed by atoms with Gasteiger partial charge >= 0.3 is 6.03 Å². The number of ether oxygens (including phenoxy) is 1. The molecule has 2 aliphatic rings. The fourth-order valence-electron chi connectivity index (χ4n) is 4.34. The largest absolute Gasteiger partial charge is 0.376 e. The Kier molecular flexibility index (Phi) is 6.19. The first-order valence-corrected chi connectivity index (χ1v) is 12.3. The van der Waals surface area contributed by atoms with Crippen LogP contribution in [-0.2, 0) is 26.2 Å². The minimum Gasteiger partial charge on any atom is -0.376 e. The molecule has 2 saturated heterocycles. The molecule has 3 amide bonds. The number of carbonyl (C=O) groups excluding carboxylic acids is 2. The zero-order valence-corrected chi connectivity index (χ0v) is 19.1. The predicted molar refractivity (Wildman–Crippen MR) is 119 cm³/mol. The number of pyridine rings is 1. The van der Waals surface area contributed by atoms with Crippen LogP contribution in [0, 0.1) is 12.8 Å². The monoisotopic (exact) mass is 460 g/mol. The summed E-state index contributed by atoms with van der Waals surface area (Å²) in [7, 11) is -3.69. The zero-order chi connectivity index (χ0) is 22.9. The number of aromatic nitrogens is 1. The van der Waals surface area contributed by atoms with E-state index in [4.69, 9.17) is 4.74 Å². The number of piperidine rings is 1. The Balaban J connectivity index is 1.29. The number of amides is 3. The van der Waals surface area contributed by atoms with Gasteiger partial charge in [0.25, 0.3) is 5.91 Å². The van der Waals surface area contributed by atoms with Crippen molar-refractivity contribution in [1.29, 1.82) is 0 Å². The van der Waals surface area contributed by atoms with Crippen molar-refractivity contribution in [3.63, 3.8) is 0 Å². The van der Waals surface area contributed by atoms with Crippen LogP contribution in [0.5, 0.6) is 0 Å². The summed E-state index contributed by atoms with van der Waals surface area (Å²) >= 11 is 0. The maximum atomic E-state index is 12.8. The second-order valence-corrected chi connectivity index (χ2v) is 10.8. The third-order valence-electron chi connectivity index (χ3n) is 6.10. The number of nitrogens with zero attached hydrogens (tertiary/aromatic N) is 2. The number of hydrogen-bond acceptors (Lipinski definition) is 6. The van der Waals surface area contributed by atoms with Crippen molar-refractivity contribution >= 4 is 32.9 Å². The van der Waals surface area contributed by atoms with Gasteiger partial charge in [-0.15, -0.1) is 0 Å². The first-order valence-electron chi connectivity index (χ1n) is 10.7. The molecular weight excluding hydrogens is 432 g/mol. The van der Waals surface area contributed by atoms with Crippen LogP contribution < -0.4 is 10.6 Å². The van der Waals surface area contributed by atoms with Crippen molar-refractivity contribution in [2.45, 2.75) is 38.8 Å². The fourth-order valence-corrected chi connectivity index (χ4v) is 6.22. The molecule has 4 rings (SSSR count). The Morgan fingerprint density at radius 1 is 1.22 bits per heavy atom. The van der Waals surface area contributed by atoms with Crippen molar-refractivity contribution < 1.29 is 22.7 Å². The molecule has 0 bridgehead atoms. The minimum atomic E-state index is -3.69. The quantitative estimate of drug-likeness (QED) is 0.608. The number of rotatable bonds is 7. The van der Waals surface area contributed by atoms with Crippen LogP contribution in [0.2, 0.25) is 0 Å². The van der Waals surface area contributed by atoms with Gasteiger partial charge in [0.15, 0.2) is 0 Å². The Morgan fingerprint density at radius 3 is 2.62 bits per heavy atom. The molecule has 0 radical (unpaired) electrons. The van der Waals surface area contributed by atoms with Crippen molar-refractivity contribution in [3.05, 3.63) is 41.6 Å². The van der Waals surface area contributed by atoms with E-state index >= 15 is 0 Å². The van der Waals surface area contributed by atoms with Gasteiger partial charge in [-0.25, -0.2) is 17.5 Å². The molecule has 2 fully saturated rings. The molecule has 1 aromatic heterocycles. The summed E-state index contributed by atoms with van der Waals surface area (Å²) in [6.07, 6.45) is 1.37. The van der Waals surface area contributed by atoms with Crippen molar-refractivity contribution in [3.8, 4) is 0 Å². The second-order valence-electron chi connectivity index (χ2n) is 8.79. The Morgan fingerprint density at radius 2 is 1.94 bits per heavy atom. The summed E-state index contributed by atoms with van der Waals surface area (Å²) in [5, 5.41) is 5.59. The molecule has 2 aromatic rings. The van der Waals surface area contributed by atoms with Crippen LogP contribution in [0.25, 0.3) is 10.9 Å². The highest BCUT2D eigenvalue weighted by molar-refractivity contribution is 7.89. The van der Waals surface area contributed by atoms with Gasteiger partial charge in [-0.1, -0.05) is 18.2 Å². The lowest BCUT2D eigenvalue weighted by Crippen LogP contribution is -2.53. The molecule has 9 nitrogen and oxygen atoms in total. The highest BCUT2D eigenvalue weighted by Gasteiger charge is 2.46. The van der Waals surface area contributed by atoms with Gasteiger partial charge in [-0.3, -0.25) is 15.1 Å². The zero-order valence-electron chi connectivity index (χ0n) is 18.3. The molecule has 1 aromatic carbocycles. The number of aryl methyl sites for hydroxylation is 1. The molecule has 0 saturated carbocycles. The Hall–Kier alpha value is -2.56. The number of sulfonamides is 1. The Labute approximate surface area is 187 Å². The number of nitrogens with one attached hydrogen (secondary N) is 2. The summed E-state index contributed by atoms with van der Waals surface area (Å²) in [5.41, 5.74) is 1.55. The molecule has 0 aliphatic carbocycles. The maximum Gasteiger partial charge on any atom is 0.322 e. The minimum absolute atomic E-state index is 0.265. The third-order valence-corrected chi connectivity index (χ3v) is 8.19. The number of fused-ring (bicyclic) bond motifs is 1. The Bertz CT molecular complexity index is 1140. The highest BCUT2D eigenvalue weighted by atomic mass is 32.2. The first kappa shape index (κ1) is 22.6. The summed E-state index contributed by atoms with van der Waals surface area (Å²) in [4.78, 5) is 27.9. The van der Waals surface area contributed by atoms with Gasteiger partial charge in [0.05, 0.1) is 17.9 Å². The van der Waals surface area contributed by atoms with Crippen molar-refractivity contribution in [2.75, 3.05) is 25.4 Å². The predicted octanol–water partition coefficient (Wildman–Crippen LogP) is 1.70. The molecule has 0 unspecified atom stereocenters. The van der Waals surface area contributed by atoms with Crippen LogP contribution >= 0.6 is 0 Å². The molecule has 2 N–H and O–H groups in total. The number of imide groups is 1. The van der Waals surface area contributed by atoms with Crippen LogP contribution in [0.1, 0.15) is 31.0 Å². The van der Waals surface area contributed by atoms with E-state index in [0.29, 0.717) is 39.1 Å².